The molecule has 0 fully saturated rings. The van der Waals surface area contributed by atoms with Gasteiger partial charge in [0.25, 0.3) is 0 Å². The minimum atomic E-state index is -1.47. The number of hydrogen-bond donors (Lipinski definition) is 8. The molecule has 398 valence electrons. The molecular weight excluding hydrogens is 917 g/mol. The fraction of sp³-hybridized carbons (Fsp3) is 0.702. The number of amides is 8. The second-order valence-corrected chi connectivity index (χ2v) is 19.0. The molecule has 0 aliphatic carbocycles. The highest BCUT2D eigenvalue weighted by Gasteiger charge is 2.34. The second kappa shape index (κ2) is 33.6. The summed E-state index contributed by atoms with van der Waals surface area (Å²) in [7, 11) is 0. The first-order chi connectivity index (χ1) is 32.9. The molecule has 23 heteroatoms. The van der Waals surface area contributed by atoms with Crippen LogP contribution in [0, 0.1) is 0 Å². The summed E-state index contributed by atoms with van der Waals surface area (Å²) < 4.78 is 38.6. The lowest BCUT2D eigenvalue weighted by Gasteiger charge is -2.34. The standard InChI is InChI=1S/C47H80N8O15/c1-44(2,3)68-41(61)51-24-13-21-48-36(56)18-27-64-32-47(55-39(59)30-54-40(60)67-31-35-16-11-10-12-17-35,33-65-28-19-37(57)49-22-14-25-52-42(62)69-45(4,5)6)34-66-29-20-38(58)50-23-15-26-53-43(63)70-46(7,8)9/h10-12,16-17H,13-15,18-34H2,1-9H3,(H,48,56)(H,49,57)(H,50,58)(H,51,61)(H,52,62)(H,53,63)(H,54,60)(H,55,59). The van der Waals surface area contributed by atoms with Crippen molar-refractivity contribution in [3.8, 4) is 0 Å². The second-order valence-electron chi connectivity index (χ2n) is 19.0. The number of ether oxygens (including phenoxy) is 7. The van der Waals surface area contributed by atoms with Crippen LogP contribution in [-0.4, -0.2) is 156 Å². The fourth-order valence-electron chi connectivity index (χ4n) is 5.52. The monoisotopic (exact) mass is 997 g/mol. The normalized spacial score (nSPS) is 11.6. The van der Waals surface area contributed by atoms with Gasteiger partial charge in [-0.15, -0.1) is 0 Å². The van der Waals surface area contributed by atoms with Gasteiger partial charge >= 0.3 is 24.4 Å². The van der Waals surface area contributed by atoms with Gasteiger partial charge in [-0.1, -0.05) is 30.3 Å². The Morgan fingerprint density at radius 2 is 0.771 bits per heavy atom. The van der Waals surface area contributed by atoms with Crippen LogP contribution in [0.2, 0.25) is 0 Å². The van der Waals surface area contributed by atoms with E-state index < -0.39 is 59.2 Å². The Hall–Kier alpha value is -5.94. The van der Waals surface area contributed by atoms with Crippen molar-refractivity contribution in [2.45, 2.75) is 130 Å². The molecule has 0 radical (unpaired) electrons. The molecule has 0 saturated carbocycles. The van der Waals surface area contributed by atoms with E-state index in [0.717, 1.165) is 5.56 Å². The van der Waals surface area contributed by atoms with Gasteiger partial charge in [0.15, 0.2) is 0 Å². The van der Waals surface area contributed by atoms with Gasteiger partial charge in [0.2, 0.25) is 23.6 Å². The summed E-state index contributed by atoms with van der Waals surface area (Å²) >= 11 is 0. The molecule has 1 aromatic carbocycles. The maximum Gasteiger partial charge on any atom is 0.407 e. The fourth-order valence-corrected chi connectivity index (χ4v) is 5.52. The van der Waals surface area contributed by atoms with Crippen LogP contribution >= 0.6 is 0 Å². The molecule has 8 amide bonds. The van der Waals surface area contributed by atoms with Crippen LogP contribution in [0.3, 0.4) is 0 Å². The van der Waals surface area contributed by atoms with Crippen LogP contribution in [0.4, 0.5) is 19.2 Å². The Morgan fingerprint density at radius 3 is 1.11 bits per heavy atom. The molecule has 8 N–H and O–H groups in total. The minimum absolute atomic E-state index is 0.0304. The Kier molecular flexibility index (Phi) is 29.8. The maximum atomic E-state index is 13.5. The van der Waals surface area contributed by atoms with Crippen molar-refractivity contribution in [2.75, 3.05) is 85.5 Å². The summed E-state index contributed by atoms with van der Waals surface area (Å²) in [4.78, 5) is 99.6. The van der Waals surface area contributed by atoms with Gasteiger partial charge in [-0.25, -0.2) is 19.2 Å². The van der Waals surface area contributed by atoms with Gasteiger partial charge in [-0.2, -0.15) is 0 Å². The molecule has 0 aromatic heterocycles. The van der Waals surface area contributed by atoms with E-state index >= 15 is 0 Å². The zero-order valence-corrected chi connectivity index (χ0v) is 42.7. The van der Waals surface area contributed by atoms with Crippen molar-refractivity contribution < 1.29 is 71.5 Å². The first kappa shape index (κ1) is 62.1. The van der Waals surface area contributed by atoms with Crippen molar-refractivity contribution in [2.24, 2.45) is 0 Å². The van der Waals surface area contributed by atoms with Crippen LogP contribution in [0.25, 0.3) is 0 Å². The molecule has 0 unspecified atom stereocenters. The van der Waals surface area contributed by atoms with Gasteiger partial charge in [-0.3, -0.25) is 19.2 Å². The van der Waals surface area contributed by atoms with Gasteiger partial charge in [0.1, 0.15) is 35.5 Å². The highest BCUT2D eigenvalue weighted by Crippen LogP contribution is 2.12. The third-order valence-corrected chi connectivity index (χ3v) is 8.60. The average molecular weight is 997 g/mol. The summed E-state index contributed by atoms with van der Waals surface area (Å²) in [5, 5.41) is 21.3. The molecule has 0 heterocycles. The number of rotatable bonds is 32. The van der Waals surface area contributed by atoms with Gasteiger partial charge in [0, 0.05) is 58.5 Å². The Labute approximate surface area is 412 Å². The lowest BCUT2D eigenvalue weighted by Crippen LogP contribution is -2.60. The highest BCUT2D eigenvalue weighted by molar-refractivity contribution is 5.83. The molecule has 0 spiro atoms. The third kappa shape index (κ3) is 36.1. The van der Waals surface area contributed by atoms with E-state index in [1.54, 1.807) is 86.6 Å². The van der Waals surface area contributed by atoms with Crippen LogP contribution in [0.15, 0.2) is 30.3 Å². The predicted molar refractivity (Wildman–Crippen MR) is 257 cm³/mol. The predicted octanol–water partition coefficient (Wildman–Crippen LogP) is 3.08. The smallest absolute Gasteiger partial charge is 0.407 e. The van der Waals surface area contributed by atoms with Gasteiger partial charge in [-0.05, 0) is 87.1 Å². The van der Waals surface area contributed by atoms with Crippen LogP contribution < -0.4 is 42.5 Å². The maximum absolute atomic E-state index is 13.5. The Balaban J connectivity index is 2.97. The number of benzene rings is 1. The number of carbonyl (C=O) groups is 8. The number of nitrogens with one attached hydrogen (secondary N) is 8. The highest BCUT2D eigenvalue weighted by atomic mass is 16.6. The van der Waals surface area contributed by atoms with Crippen molar-refractivity contribution >= 4 is 48.0 Å². The van der Waals surface area contributed by atoms with E-state index in [1.807, 2.05) is 6.07 Å². The average Bonchev–Trinajstić information content (AvgIpc) is 3.25. The number of carbonyl (C=O) groups excluding carboxylic acids is 8. The number of alkyl carbamates (subject to hydrolysis) is 4. The van der Waals surface area contributed by atoms with Gasteiger partial charge in [0.05, 0.1) is 39.6 Å². The summed E-state index contributed by atoms with van der Waals surface area (Å²) in [6, 6.07) is 8.95. The van der Waals surface area contributed by atoms with Crippen LogP contribution in [0.1, 0.15) is 106 Å². The lowest BCUT2D eigenvalue weighted by atomic mass is 10.0. The van der Waals surface area contributed by atoms with Crippen molar-refractivity contribution in [1.82, 2.24) is 42.5 Å². The molecule has 1 aromatic rings. The lowest BCUT2D eigenvalue weighted by molar-refractivity contribution is -0.130. The van der Waals surface area contributed by atoms with Gasteiger partial charge < -0.3 is 75.7 Å². The van der Waals surface area contributed by atoms with E-state index in [0.29, 0.717) is 19.3 Å². The van der Waals surface area contributed by atoms with E-state index in [9.17, 15) is 38.4 Å². The first-order valence-electron chi connectivity index (χ1n) is 23.5. The van der Waals surface area contributed by atoms with E-state index in [1.165, 1.54) is 0 Å². The Morgan fingerprint density at radius 1 is 0.429 bits per heavy atom. The number of hydrogen-bond acceptors (Lipinski definition) is 15. The summed E-state index contributed by atoms with van der Waals surface area (Å²) in [5.74, 6) is -1.69. The SMILES string of the molecule is CC(C)(C)OC(=O)NCCCNC(=O)CCOCC(COCCC(=O)NCCCNC(=O)OC(C)(C)C)(COCCC(=O)NCCCNC(=O)OC(C)(C)C)NC(=O)CNC(=O)OCc1ccccc1. The molecule has 0 saturated heterocycles. The quantitative estimate of drug-likeness (QED) is 0.0380. The topological polar surface area (TPSA) is 297 Å². The summed E-state index contributed by atoms with van der Waals surface area (Å²) in [6.07, 6.45) is -1.43. The van der Waals surface area contributed by atoms with Crippen LogP contribution in [-0.2, 0) is 58.9 Å². The minimum Gasteiger partial charge on any atom is -0.445 e. The summed E-state index contributed by atoms with van der Waals surface area (Å²) in [6.45, 7) is 15.8. The first-order valence-corrected chi connectivity index (χ1v) is 23.5. The molecule has 0 bridgehead atoms. The molecule has 0 aliphatic heterocycles. The van der Waals surface area contributed by atoms with E-state index in [-0.39, 0.29) is 123 Å². The zero-order valence-electron chi connectivity index (χ0n) is 42.7. The van der Waals surface area contributed by atoms with Crippen LogP contribution in [0.5, 0.6) is 0 Å². The summed E-state index contributed by atoms with van der Waals surface area (Å²) in [5.41, 5.74) is -2.66. The van der Waals surface area contributed by atoms with E-state index in [2.05, 4.69) is 42.5 Å². The Bertz CT molecular complexity index is 1610. The largest absolute Gasteiger partial charge is 0.445 e. The zero-order chi connectivity index (χ0) is 52.5. The molecule has 0 atom stereocenters. The van der Waals surface area contributed by atoms with E-state index in [4.69, 9.17) is 33.2 Å². The molecule has 0 aliphatic rings. The van der Waals surface area contributed by atoms with Crippen molar-refractivity contribution in [1.29, 1.82) is 0 Å². The van der Waals surface area contributed by atoms with Crippen molar-refractivity contribution in [3.05, 3.63) is 35.9 Å². The molecule has 70 heavy (non-hydrogen) atoms. The third-order valence-electron chi connectivity index (χ3n) is 8.60. The molecular formula is C47H80N8O15. The molecule has 23 nitrogen and oxygen atoms in total. The van der Waals surface area contributed by atoms with Crippen molar-refractivity contribution in [3.63, 3.8) is 0 Å². The molecule has 1 rings (SSSR count).